The Hall–Kier alpha value is -3.45. The zero-order valence-corrected chi connectivity index (χ0v) is 21.1. The minimum Gasteiger partial charge on any atom is -0.337 e. The summed E-state index contributed by atoms with van der Waals surface area (Å²) in [4.78, 5) is 19.7. The van der Waals surface area contributed by atoms with E-state index >= 15 is 0 Å². The van der Waals surface area contributed by atoms with Crippen LogP contribution in [0.2, 0.25) is 0 Å². The molecule has 0 fully saturated rings. The van der Waals surface area contributed by atoms with E-state index in [1.165, 1.54) is 28.5 Å². The van der Waals surface area contributed by atoms with Crippen LogP contribution in [-0.4, -0.2) is 42.4 Å². The SMILES string of the molecule is CC(Sc1nnc(-c2cccnc2)n1-c1ccccc1C(C)C)C(=O)N1CCc2ccccc2C1. The van der Waals surface area contributed by atoms with Gasteiger partial charge in [0.05, 0.1) is 10.9 Å². The van der Waals surface area contributed by atoms with Crippen molar-refractivity contribution in [1.82, 2.24) is 24.6 Å². The molecule has 0 N–H and O–H groups in total. The molecule has 3 heterocycles. The number of carbonyl (C=O) groups excluding carboxylic acids is 1. The number of rotatable bonds is 6. The Labute approximate surface area is 210 Å². The van der Waals surface area contributed by atoms with Crippen molar-refractivity contribution in [1.29, 1.82) is 0 Å². The Morgan fingerprint density at radius 1 is 0.943 bits per heavy atom. The molecule has 1 aliphatic heterocycles. The summed E-state index contributed by atoms with van der Waals surface area (Å²) >= 11 is 1.46. The van der Waals surface area contributed by atoms with Crippen molar-refractivity contribution in [2.75, 3.05) is 6.54 Å². The number of carbonyl (C=O) groups is 1. The Bertz CT molecular complexity index is 1330. The van der Waals surface area contributed by atoms with Crippen molar-refractivity contribution < 1.29 is 4.79 Å². The van der Waals surface area contributed by atoms with Gasteiger partial charge in [-0.05, 0) is 54.2 Å². The number of hydrogen-bond acceptors (Lipinski definition) is 5. The average Bonchev–Trinajstić information content (AvgIpc) is 3.31. The highest BCUT2D eigenvalue weighted by atomic mass is 32.2. The van der Waals surface area contributed by atoms with Gasteiger partial charge in [0.1, 0.15) is 0 Å². The first-order valence-corrected chi connectivity index (χ1v) is 12.9. The first kappa shape index (κ1) is 23.3. The molecule has 0 bridgehead atoms. The predicted molar refractivity (Wildman–Crippen MR) is 140 cm³/mol. The Kier molecular flexibility index (Phi) is 6.68. The fraction of sp³-hybridized carbons (Fsp3) is 0.286. The van der Waals surface area contributed by atoms with Crippen LogP contribution in [0.1, 0.15) is 43.4 Å². The standard InChI is InChI=1S/C28H29N5OS/c1-19(2)24-12-6-7-13-25(24)33-26(22-11-8-15-29-17-22)30-31-28(33)35-20(3)27(34)32-16-14-21-9-4-5-10-23(21)18-32/h4-13,15,17,19-20H,14,16,18H2,1-3H3. The van der Waals surface area contributed by atoms with E-state index in [0.717, 1.165) is 30.0 Å². The molecule has 0 saturated heterocycles. The van der Waals surface area contributed by atoms with Crippen LogP contribution in [0, 0.1) is 0 Å². The van der Waals surface area contributed by atoms with E-state index in [-0.39, 0.29) is 11.2 Å². The zero-order valence-electron chi connectivity index (χ0n) is 20.3. The minimum atomic E-state index is -0.295. The van der Waals surface area contributed by atoms with E-state index in [2.05, 4.69) is 70.0 Å². The van der Waals surface area contributed by atoms with Crippen LogP contribution in [0.25, 0.3) is 17.1 Å². The van der Waals surface area contributed by atoms with E-state index in [1.807, 2.05) is 36.1 Å². The average molecular weight is 484 g/mol. The maximum absolute atomic E-state index is 13.4. The monoisotopic (exact) mass is 483 g/mol. The molecule has 2 aromatic carbocycles. The maximum atomic E-state index is 13.4. The molecule has 1 amide bonds. The second-order valence-electron chi connectivity index (χ2n) is 9.14. The lowest BCUT2D eigenvalue weighted by molar-refractivity contribution is -0.131. The van der Waals surface area contributed by atoms with Crippen LogP contribution in [0.3, 0.4) is 0 Å². The predicted octanol–water partition coefficient (Wildman–Crippen LogP) is 5.52. The third-order valence-corrected chi connectivity index (χ3v) is 7.46. The van der Waals surface area contributed by atoms with Crippen molar-refractivity contribution >= 4 is 17.7 Å². The van der Waals surface area contributed by atoms with Crippen molar-refractivity contribution in [2.24, 2.45) is 0 Å². The molecule has 178 valence electrons. The smallest absolute Gasteiger partial charge is 0.236 e. The van der Waals surface area contributed by atoms with Gasteiger partial charge < -0.3 is 4.90 Å². The fourth-order valence-electron chi connectivity index (χ4n) is 4.57. The van der Waals surface area contributed by atoms with Gasteiger partial charge in [-0.2, -0.15) is 0 Å². The Balaban J connectivity index is 1.48. The van der Waals surface area contributed by atoms with E-state index in [9.17, 15) is 4.79 Å². The van der Waals surface area contributed by atoms with E-state index < -0.39 is 0 Å². The molecular formula is C28H29N5OS. The number of amides is 1. The zero-order chi connectivity index (χ0) is 24.4. The van der Waals surface area contributed by atoms with Crippen molar-refractivity contribution in [3.8, 4) is 17.1 Å². The lowest BCUT2D eigenvalue weighted by Crippen LogP contribution is -2.40. The van der Waals surface area contributed by atoms with Gasteiger partial charge >= 0.3 is 0 Å². The number of fused-ring (bicyclic) bond motifs is 1. The largest absolute Gasteiger partial charge is 0.337 e. The van der Waals surface area contributed by atoms with Crippen LogP contribution < -0.4 is 0 Å². The minimum absolute atomic E-state index is 0.124. The van der Waals surface area contributed by atoms with Crippen LogP contribution in [0.5, 0.6) is 0 Å². The maximum Gasteiger partial charge on any atom is 0.236 e. The number of thioether (sulfide) groups is 1. The van der Waals surface area contributed by atoms with Crippen LogP contribution in [0.15, 0.2) is 78.2 Å². The first-order valence-electron chi connectivity index (χ1n) is 12.0. The van der Waals surface area contributed by atoms with E-state index in [1.54, 1.807) is 12.4 Å². The number of benzene rings is 2. The van der Waals surface area contributed by atoms with Crippen molar-refractivity contribution in [2.45, 2.75) is 50.1 Å². The van der Waals surface area contributed by atoms with Gasteiger partial charge in [0.25, 0.3) is 0 Å². The molecule has 1 atom stereocenters. The number of pyridine rings is 1. The van der Waals surface area contributed by atoms with Gasteiger partial charge in [0.15, 0.2) is 11.0 Å². The quantitative estimate of drug-likeness (QED) is 0.338. The second kappa shape index (κ2) is 10.0. The van der Waals surface area contributed by atoms with Gasteiger partial charge in [0.2, 0.25) is 5.91 Å². The van der Waals surface area contributed by atoms with Gasteiger partial charge in [-0.15, -0.1) is 10.2 Å². The molecule has 1 unspecified atom stereocenters. The molecule has 4 aromatic rings. The summed E-state index contributed by atoms with van der Waals surface area (Å²) in [6.07, 6.45) is 4.44. The summed E-state index contributed by atoms with van der Waals surface area (Å²) < 4.78 is 2.08. The summed E-state index contributed by atoms with van der Waals surface area (Å²) in [5, 5.41) is 9.50. The highest BCUT2D eigenvalue weighted by molar-refractivity contribution is 8.00. The molecule has 5 rings (SSSR count). The van der Waals surface area contributed by atoms with Gasteiger partial charge in [-0.3, -0.25) is 14.3 Å². The molecule has 7 heteroatoms. The molecule has 0 radical (unpaired) electrons. The summed E-state index contributed by atoms with van der Waals surface area (Å²) in [5.74, 6) is 1.17. The molecule has 0 aliphatic carbocycles. The number of para-hydroxylation sites is 1. The number of nitrogens with zero attached hydrogens (tertiary/aromatic N) is 5. The van der Waals surface area contributed by atoms with Crippen LogP contribution >= 0.6 is 11.8 Å². The highest BCUT2D eigenvalue weighted by Gasteiger charge is 2.28. The lowest BCUT2D eigenvalue weighted by Gasteiger charge is -2.30. The van der Waals surface area contributed by atoms with E-state index in [0.29, 0.717) is 17.6 Å². The van der Waals surface area contributed by atoms with Crippen molar-refractivity contribution in [3.63, 3.8) is 0 Å². The first-order chi connectivity index (χ1) is 17.0. The summed E-state index contributed by atoms with van der Waals surface area (Å²) in [6, 6.07) is 20.6. The highest BCUT2D eigenvalue weighted by Crippen LogP contribution is 2.34. The van der Waals surface area contributed by atoms with Gasteiger partial charge in [-0.25, -0.2) is 0 Å². The van der Waals surface area contributed by atoms with Crippen LogP contribution in [0.4, 0.5) is 0 Å². The molecular weight excluding hydrogens is 454 g/mol. The lowest BCUT2D eigenvalue weighted by atomic mass is 10.00. The number of hydrogen-bond donors (Lipinski definition) is 0. The van der Waals surface area contributed by atoms with Gasteiger partial charge in [-0.1, -0.05) is 68.1 Å². The molecule has 35 heavy (non-hydrogen) atoms. The Morgan fingerprint density at radius 3 is 2.49 bits per heavy atom. The molecule has 6 nitrogen and oxygen atoms in total. The topological polar surface area (TPSA) is 63.9 Å². The third-order valence-electron chi connectivity index (χ3n) is 6.43. The molecule has 0 spiro atoms. The molecule has 1 aliphatic rings. The Morgan fingerprint density at radius 2 is 1.71 bits per heavy atom. The van der Waals surface area contributed by atoms with Gasteiger partial charge in [0, 0.05) is 31.0 Å². The number of aromatic nitrogens is 4. The van der Waals surface area contributed by atoms with E-state index in [4.69, 9.17) is 0 Å². The summed E-state index contributed by atoms with van der Waals surface area (Å²) in [6.45, 7) is 7.72. The van der Waals surface area contributed by atoms with Crippen LogP contribution in [-0.2, 0) is 17.8 Å². The second-order valence-corrected chi connectivity index (χ2v) is 10.4. The molecule has 0 saturated carbocycles. The third kappa shape index (κ3) is 4.73. The summed E-state index contributed by atoms with van der Waals surface area (Å²) in [5.41, 5.74) is 5.68. The molecule has 2 aromatic heterocycles. The summed E-state index contributed by atoms with van der Waals surface area (Å²) in [7, 11) is 0. The normalized spacial score (nSPS) is 14.1. The van der Waals surface area contributed by atoms with Crippen molar-refractivity contribution in [3.05, 3.63) is 89.7 Å². The fourth-order valence-corrected chi connectivity index (χ4v) is 5.52.